The van der Waals surface area contributed by atoms with Gasteiger partial charge >= 0.3 is 0 Å². The Hall–Kier alpha value is -0.460. The van der Waals surface area contributed by atoms with Gasteiger partial charge in [0.05, 0.1) is 29.0 Å². The molecule has 0 saturated heterocycles. The second-order valence-corrected chi connectivity index (χ2v) is 4.97. The fraction of sp³-hybridized carbons (Fsp3) is 0.500. The fourth-order valence-electron chi connectivity index (χ4n) is 1.30. The highest BCUT2D eigenvalue weighted by atomic mass is 35.5. The number of rotatable bonds is 7. The Balaban J connectivity index is 2.54. The van der Waals surface area contributed by atoms with Gasteiger partial charge in [-0.1, -0.05) is 11.6 Å². The van der Waals surface area contributed by atoms with Gasteiger partial charge in [0.25, 0.3) is 0 Å². The summed E-state index contributed by atoms with van der Waals surface area (Å²) >= 11 is 6.97. The molecule has 2 N–H and O–H groups in total. The lowest BCUT2D eigenvalue weighted by molar-refractivity contribution is 0.0898. The third kappa shape index (κ3) is 4.19. The number of nitrogens with zero attached hydrogens (tertiary/aromatic N) is 1. The van der Waals surface area contributed by atoms with Gasteiger partial charge in [-0.25, -0.2) is 0 Å². The topological polar surface area (TPSA) is 60.8 Å². The Morgan fingerprint density at radius 2 is 1.94 bits per heavy atom. The zero-order valence-electron chi connectivity index (χ0n) is 8.73. The number of carbonyl (C=O) groups excluding carboxylic acids is 1. The summed E-state index contributed by atoms with van der Waals surface area (Å²) in [6.07, 6.45) is 0. The van der Waals surface area contributed by atoms with Crippen molar-refractivity contribution < 1.29 is 15.0 Å². The molecule has 0 aliphatic heterocycles. The molecule has 0 aromatic carbocycles. The van der Waals surface area contributed by atoms with E-state index in [1.54, 1.807) is 17.0 Å². The van der Waals surface area contributed by atoms with Crippen molar-refractivity contribution in [3.63, 3.8) is 0 Å². The summed E-state index contributed by atoms with van der Waals surface area (Å²) < 4.78 is 0.583. The molecule has 0 unspecified atom stereocenters. The first-order chi connectivity index (χ1) is 7.67. The maximum absolute atomic E-state index is 11.8. The van der Waals surface area contributed by atoms with Crippen LogP contribution in [-0.2, 0) is 0 Å². The lowest BCUT2D eigenvalue weighted by Crippen LogP contribution is -2.34. The molecule has 0 saturated carbocycles. The molecule has 0 atom stereocenters. The van der Waals surface area contributed by atoms with Crippen LogP contribution in [-0.4, -0.2) is 53.7 Å². The van der Waals surface area contributed by atoms with Crippen molar-refractivity contribution >= 4 is 28.7 Å². The van der Waals surface area contributed by atoms with Crippen LogP contribution >= 0.6 is 22.9 Å². The van der Waals surface area contributed by atoms with Crippen LogP contribution < -0.4 is 0 Å². The van der Waals surface area contributed by atoms with Crippen molar-refractivity contribution in [3.05, 3.63) is 21.3 Å². The third-order valence-electron chi connectivity index (χ3n) is 2.05. The summed E-state index contributed by atoms with van der Waals surface area (Å²) in [5.74, 6) is -0.0428. The number of aliphatic hydroxyl groups is 2. The van der Waals surface area contributed by atoms with Gasteiger partial charge in [0.2, 0.25) is 0 Å². The first-order valence-electron chi connectivity index (χ1n) is 4.90. The highest BCUT2D eigenvalue weighted by molar-refractivity contribution is 7.18. The highest BCUT2D eigenvalue weighted by Gasteiger charge is 2.13. The first kappa shape index (κ1) is 13.6. The minimum atomic E-state index is -0.0428. The molecule has 0 aliphatic rings. The predicted molar refractivity (Wildman–Crippen MR) is 64.3 cm³/mol. The normalized spacial score (nSPS) is 11.0. The molecule has 1 aromatic rings. The smallest absolute Gasteiger partial charge is 0.186 e. The van der Waals surface area contributed by atoms with E-state index in [4.69, 9.17) is 21.8 Å². The second-order valence-electron chi connectivity index (χ2n) is 3.25. The zero-order valence-corrected chi connectivity index (χ0v) is 10.3. The van der Waals surface area contributed by atoms with E-state index < -0.39 is 0 Å². The van der Waals surface area contributed by atoms with Gasteiger partial charge in [-0.15, -0.1) is 11.3 Å². The minimum Gasteiger partial charge on any atom is -0.395 e. The average molecular weight is 264 g/mol. The summed E-state index contributed by atoms with van der Waals surface area (Å²) in [6.45, 7) is 0.895. The molecular formula is C10H14ClNO3S. The molecule has 90 valence electrons. The summed E-state index contributed by atoms with van der Waals surface area (Å²) in [4.78, 5) is 14.1. The summed E-state index contributed by atoms with van der Waals surface area (Å²) in [7, 11) is 0. The largest absolute Gasteiger partial charge is 0.395 e. The molecule has 1 heterocycles. The molecule has 6 heteroatoms. The van der Waals surface area contributed by atoms with Crippen LogP contribution in [0, 0.1) is 0 Å². The molecule has 16 heavy (non-hydrogen) atoms. The number of hydrogen-bond acceptors (Lipinski definition) is 5. The minimum absolute atomic E-state index is 0.0293. The SMILES string of the molecule is O=C(CN(CCO)CCO)c1ccc(Cl)s1. The van der Waals surface area contributed by atoms with Gasteiger partial charge in [0.15, 0.2) is 5.78 Å². The van der Waals surface area contributed by atoms with E-state index in [-0.39, 0.29) is 25.5 Å². The van der Waals surface area contributed by atoms with Crippen LogP contribution in [0.3, 0.4) is 0 Å². The van der Waals surface area contributed by atoms with E-state index in [0.29, 0.717) is 22.3 Å². The van der Waals surface area contributed by atoms with Gasteiger partial charge in [-0.05, 0) is 12.1 Å². The Morgan fingerprint density at radius 1 is 1.31 bits per heavy atom. The molecular weight excluding hydrogens is 250 g/mol. The maximum Gasteiger partial charge on any atom is 0.186 e. The van der Waals surface area contributed by atoms with Crippen LogP contribution in [0.5, 0.6) is 0 Å². The monoisotopic (exact) mass is 263 g/mol. The zero-order chi connectivity index (χ0) is 12.0. The van der Waals surface area contributed by atoms with Crippen molar-refractivity contribution in [2.24, 2.45) is 0 Å². The third-order valence-corrected chi connectivity index (χ3v) is 3.32. The number of ketones is 1. The number of aliphatic hydroxyl groups excluding tert-OH is 2. The molecule has 0 aliphatic carbocycles. The molecule has 0 spiro atoms. The average Bonchev–Trinajstić information content (AvgIpc) is 2.65. The summed E-state index contributed by atoms with van der Waals surface area (Å²) in [5.41, 5.74) is 0. The number of hydrogen-bond donors (Lipinski definition) is 2. The lowest BCUT2D eigenvalue weighted by atomic mass is 10.3. The van der Waals surface area contributed by atoms with Crippen LogP contribution in [0.1, 0.15) is 9.67 Å². The standard InChI is InChI=1S/C10H14ClNO3S/c11-10-2-1-9(16-10)8(15)7-12(3-5-13)4-6-14/h1-2,13-14H,3-7H2. The van der Waals surface area contributed by atoms with Crippen LogP contribution in [0.15, 0.2) is 12.1 Å². The van der Waals surface area contributed by atoms with Gasteiger partial charge < -0.3 is 10.2 Å². The highest BCUT2D eigenvalue weighted by Crippen LogP contribution is 2.21. The molecule has 0 amide bonds. The van der Waals surface area contributed by atoms with E-state index in [1.165, 1.54) is 11.3 Å². The second kappa shape index (κ2) is 6.98. The van der Waals surface area contributed by atoms with Crippen LogP contribution in [0.2, 0.25) is 4.34 Å². The van der Waals surface area contributed by atoms with E-state index in [0.717, 1.165) is 0 Å². The predicted octanol–water partition coefficient (Wildman–Crippen LogP) is 0.871. The van der Waals surface area contributed by atoms with Gasteiger partial charge in [-0.3, -0.25) is 9.69 Å². The molecule has 0 radical (unpaired) electrons. The Kier molecular flexibility index (Phi) is 5.94. The van der Waals surface area contributed by atoms with Crippen LogP contribution in [0.25, 0.3) is 0 Å². The van der Waals surface area contributed by atoms with Gasteiger partial charge in [0.1, 0.15) is 0 Å². The van der Waals surface area contributed by atoms with Gasteiger partial charge in [0, 0.05) is 13.1 Å². The van der Waals surface area contributed by atoms with E-state index in [9.17, 15) is 4.79 Å². The van der Waals surface area contributed by atoms with Crippen molar-refractivity contribution in [1.29, 1.82) is 0 Å². The molecule has 0 bridgehead atoms. The first-order valence-corrected chi connectivity index (χ1v) is 6.09. The van der Waals surface area contributed by atoms with Crippen molar-refractivity contribution in [2.45, 2.75) is 0 Å². The molecule has 4 nitrogen and oxygen atoms in total. The van der Waals surface area contributed by atoms with Crippen molar-refractivity contribution in [3.8, 4) is 0 Å². The Labute approximate surface area is 103 Å². The Morgan fingerprint density at radius 3 is 2.38 bits per heavy atom. The number of halogens is 1. The Bertz CT molecular complexity index is 337. The summed E-state index contributed by atoms with van der Waals surface area (Å²) in [5, 5.41) is 17.6. The van der Waals surface area contributed by atoms with Gasteiger partial charge in [-0.2, -0.15) is 0 Å². The van der Waals surface area contributed by atoms with E-state index in [2.05, 4.69) is 0 Å². The number of thiophene rings is 1. The quantitative estimate of drug-likeness (QED) is 0.717. The maximum atomic E-state index is 11.8. The molecule has 1 rings (SSSR count). The molecule has 0 fully saturated rings. The lowest BCUT2D eigenvalue weighted by Gasteiger charge is -2.18. The van der Waals surface area contributed by atoms with Crippen LogP contribution in [0.4, 0.5) is 0 Å². The van der Waals surface area contributed by atoms with E-state index >= 15 is 0 Å². The molecule has 1 aromatic heterocycles. The van der Waals surface area contributed by atoms with Crippen molar-refractivity contribution in [1.82, 2.24) is 4.90 Å². The number of carbonyl (C=O) groups is 1. The van der Waals surface area contributed by atoms with E-state index in [1.807, 2.05) is 0 Å². The number of Topliss-reactive ketones (excluding diaryl/α,β-unsaturated/α-hetero) is 1. The fourth-order valence-corrected chi connectivity index (χ4v) is 2.27. The van der Waals surface area contributed by atoms with Crippen molar-refractivity contribution in [2.75, 3.05) is 32.8 Å². The summed E-state index contributed by atoms with van der Waals surface area (Å²) in [6, 6.07) is 3.37.